The number of anilines is 6. The van der Waals surface area contributed by atoms with Gasteiger partial charge in [-0.2, -0.15) is 0 Å². The van der Waals surface area contributed by atoms with Gasteiger partial charge in [0.15, 0.2) is 0 Å². The Morgan fingerprint density at radius 2 is 0.454 bits per heavy atom. The molecule has 21 aromatic rings. The SMILES string of the molecule is Cc1ccccc1N(c1ccc(-c2ccc3c(c2)c2ccccc2n3-c2cccc(-n3c4ccccc4c4ccccc43)c2)cc1)c1ccccc1C.c1ccc(N(c2ccc(-c3ccc4c(c3)c3ccccc3n4-c3cccc(-n4c5ccccc5c5ccccc54)c3)cc2)c2cccc3ccccc23)cc1. The lowest BCUT2D eigenvalue weighted by molar-refractivity contribution is 1.13. The maximum atomic E-state index is 2.41. The Kier molecular flexibility index (Phi) is 15.6. The number of hydrogen-bond donors (Lipinski definition) is 0. The lowest BCUT2D eigenvalue weighted by atomic mass is 10.0. The van der Waals surface area contributed by atoms with Crippen LogP contribution in [-0.2, 0) is 0 Å². The number of aromatic nitrogens is 4. The quantitative estimate of drug-likeness (QED) is 0.122. The average molecular weight is 1380 g/mol. The van der Waals surface area contributed by atoms with Crippen molar-refractivity contribution in [3.05, 3.63) is 412 Å². The normalized spacial score (nSPS) is 11.6. The Morgan fingerprint density at radius 3 is 0.852 bits per heavy atom. The van der Waals surface area contributed by atoms with Gasteiger partial charge in [-0.3, -0.25) is 0 Å². The van der Waals surface area contributed by atoms with Gasteiger partial charge in [-0.05, 0) is 204 Å². The average Bonchev–Trinajstić information content (AvgIpc) is 1.58. The Bertz CT molecular complexity index is 6870. The molecule has 0 saturated carbocycles. The first kappa shape index (κ1) is 63.5. The first-order chi connectivity index (χ1) is 53.4. The Labute approximate surface area is 626 Å². The molecule has 0 saturated heterocycles. The lowest BCUT2D eigenvalue weighted by Crippen LogP contribution is -2.12. The van der Waals surface area contributed by atoms with Gasteiger partial charge in [0, 0.05) is 99.7 Å². The summed E-state index contributed by atoms with van der Waals surface area (Å²) in [5, 5.41) is 12.5. The highest BCUT2D eigenvalue weighted by Gasteiger charge is 2.22. The van der Waals surface area contributed by atoms with Gasteiger partial charge in [-0.15, -0.1) is 0 Å². The van der Waals surface area contributed by atoms with Crippen LogP contribution in [0.2, 0.25) is 0 Å². The van der Waals surface area contributed by atoms with E-state index < -0.39 is 0 Å². The number of para-hydroxylation sites is 9. The summed E-state index contributed by atoms with van der Waals surface area (Å²) in [7, 11) is 0. The number of nitrogens with zero attached hydrogens (tertiary/aromatic N) is 6. The largest absolute Gasteiger partial charge is 0.310 e. The summed E-state index contributed by atoms with van der Waals surface area (Å²) in [6.45, 7) is 4.36. The third-order valence-corrected chi connectivity index (χ3v) is 21.8. The standard InChI is InChI=1S/C52H35N3.C50H37N3/c1-2-16-39(17-3-1)53(48-27-12-15-37-14-4-5-20-43(37)48)40-31-28-36(29-32-40)38-30-33-52-47(34-38)46-23-8-11-26-51(46)55(52)42-19-13-18-41(35-42)54-49-24-9-6-21-44(49)45-22-7-10-25-50(45)54;1-34-14-3-8-21-45(34)51(46-22-9-4-15-35(46)2)38-29-26-36(27-30-38)37-28-31-50-44(32-37)43-20-7-12-25-49(43)53(50)40-17-13-16-39(33-40)52-47-23-10-5-18-41(47)42-19-6-11-24-48(42)52/h1-35H;3-33H,1-2H3. The van der Waals surface area contributed by atoms with Gasteiger partial charge in [0.2, 0.25) is 0 Å². The molecule has 510 valence electrons. The predicted molar refractivity (Wildman–Crippen MR) is 457 cm³/mol. The second-order valence-electron chi connectivity index (χ2n) is 28.1. The van der Waals surface area contributed by atoms with Gasteiger partial charge in [0.1, 0.15) is 0 Å². The Hall–Kier alpha value is -14.2. The molecule has 0 amide bonds. The second-order valence-corrected chi connectivity index (χ2v) is 28.1. The van der Waals surface area contributed by atoms with E-state index >= 15 is 0 Å². The molecule has 0 spiro atoms. The zero-order valence-corrected chi connectivity index (χ0v) is 59.8. The number of aryl methyl sites for hydroxylation is 2. The van der Waals surface area contributed by atoms with E-state index in [2.05, 4.69) is 442 Å². The lowest BCUT2D eigenvalue weighted by Gasteiger charge is -2.28. The first-order valence-corrected chi connectivity index (χ1v) is 37.1. The highest BCUT2D eigenvalue weighted by atomic mass is 15.2. The van der Waals surface area contributed by atoms with Crippen molar-refractivity contribution >= 4 is 132 Å². The summed E-state index contributed by atoms with van der Waals surface area (Å²) in [4.78, 5) is 4.73. The molecular formula is C102H72N6. The van der Waals surface area contributed by atoms with Crippen molar-refractivity contribution in [2.45, 2.75) is 13.8 Å². The van der Waals surface area contributed by atoms with Crippen LogP contribution in [0.5, 0.6) is 0 Å². The van der Waals surface area contributed by atoms with Crippen LogP contribution < -0.4 is 9.80 Å². The zero-order chi connectivity index (χ0) is 71.8. The minimum atomic E-state index is 1.12. The van der Waals surface area contributed by atoms with Crippen LogP contribution in [0.3, 0.4) is 0 Å². The fraction of sp³-hybridized carbons (Fsp3) is 0.0196. The topological polar surface area (TPSA) is 26.2 Å². The maximum Gasteiger partial charge on any atom is 0.0541 e. The molecule has 6 nitrogen and oxygen atoms in total. The van der Waals surface area contributed by atoms with E-state index in [1.165, 1.54) is 143 Å². The molecule has 0 aliphatic heterocycles. The van der Waals surface area contributed by atoms with Crippen LogP contribution in [0.1, 0.15) is 11.1 Å². The zero-order valence-electron chi connectivity index (χ0n) is 59.8. The molecule has 21 rings (SSSR count). The second kappa shape index (κ2) is 26.5. The molecule has 17 aromatic carbocycles. The van der Waals surface area contributed by atoms with Gasteiger partial charge in [0.25, 0.3) is 0 Å². The van der Waals surface area contributed by atoms with Crippen LogP contribution in [-0.4, -0.2) is 18.3 Å². The minimum Gasteiger partial charge on any atom is -0.310 e. The van der Waals surface area contributed by atoms with E-state index in [0.717, 1.165) is 45.5 Å². The summed E-state index contributed by atoms with van der Waals surface area (Å²) in [6.07, 6.45) is 0. The van der Waals surface area contributed by atoms with Crippen LogP contribution in [0.4, 0.5) is 34.1 Å². The van der Waals surface area contributed by atoms with Crippen molar-refractivity contribution in [3.8, 4) is 45.0 Å². The molecular weight excluding hydrogens is 1310 g/mol. The van der Waals surface area contributed by atoms with Crippen LogP contribution >= 0.6 is 0 Å². The van der Waals surface area contributed by atoms with Gasteiger partial charge < -0.3 is 28.1 Å². The molecule has 108 heavy (non-hydrogen) atoms. The number of hydrogen-bond acceptors (Lipinski definition) is 2. The van der Waals surface area contributed by atoms with E-state index in [9.17, 15) is 0 Å². The summed E-state index contributed by atoms with van der Waals surface area (Å²) in [6, 6.07) is 145. The number of fused-ring (bicyclic) bond motifs is 13. The van der Waals surface area contributed by atoms with Gasteiger partial charge in [-0.25, -0.2) is 0 Å². The monoisotopic (exact) mass is 1380 g/mol. The molecule has 0 atom stereocenters. The molecule has 0 radical (unpaired) electrons. The van der Waals surface area contributed by atoms with Crippen molar-refractivity contribution in [1.29, 1.82) is 0 Å². The number of rotatable bonds is 12. The Morgan fingerprint density at radius 1 is 0.176 bits per heavy atom. The molecule has 4 aromatic heterocycles. The van der Waals surface area contributed by atoms with Gasteiger partial charge in [-0.1, -0.05) is 249 Å². The molecule has 0 unspecified atom stereocenters. The van der Waals surface area contributed by atoms with Crippen molar-refractivity contribution in [2.75, 3.05) is 9.80 Å². The van der Waals surface area contributed by atoms with Crippen molar-refractivity contribution < 1.29 is 0 Å². The van der Waals surface area contributed by atoms with Gasteiger partial charge in [0.05, 0.1) is 49.8 Å². The molecule has 4 heterocycles. The molecule has 0 aliphatic carbocycles. The molecule has 0 N–H and O–H groups in total. The minimum absolute atomic E-state index is 1.12. The van der Waals surface area contributed by atoms with E-state index in [1.54, 1.807) is 0 Å². The van der Waals surface area contributed by atoms with Crippen molar-refractivity contribution in [1.82, 2.24) is 18.3 Å². The Balaban J connectivity index is 0.000000142. The molecule has 0 aliphatic rings. The smallest absolute Gasteiger partial charge is 0.0541 e. The maximum absolute atomic E-state index is 2.41. The summed E-state index contributed by atoms with van der Waals surface area (Å²) in [5.74, 6) is 0. The van der Waals surface area contributed by atoms with E-state index in [1.807, 2.05) is 0 Å². The summed E-state index contributed by atoms with van der Waals surface area (Å²) < 4.78 is 9.61. The molecule has 0 bridgehead atoms. The fourth-order valence-corrected chi connectivity index (χ4v) is 16.9. The van der Waals surface area contributed by atoms with Crippen molar-refractivity contribution in [3.63, 3.8) is 0 Å². The van der Waals surface area contributed by atoms with Crippen LogP contribution in [0.15, 0.2) is 400 Å². The number of benzene rings is 17. The van der Waals surface area contributed by atoms with Gasteiger partial charge >= 0.3 is 0 Å². The first-order valence-electron chi connectivity index (χ1n) is 37.1. The molecule has 0 fully saturated rings. The summed E-state index contributed by atoms with van der Waals surface area (Å²) in [5.41, 5.74) is 28.3. The highest BCUT2D eigenvalue weighted by Crippen LogP contribution is 2.45. The third-order valence-electron chi connectivity index (χ3n) is 21.8. The highest BCUT2D eigenvalue weighted by molar-refractivity contribution is 6.14. The van der Waals surface area contributed by atoms with Crippen LogP contribution in [0.25, 0.3) is 143 Å². The van der Waals surface area contributed by atoms with E-state index in [0.29, 0.717) is 0 Å². The van der Waals surface area contributed by atoms with Crippen LogP contribution in [0, 0.1) is 13.8 Å². The predicted octanol–water partition coefficient (Wildman–Crippen LogP) is 27.8. The van der Waals surface area contributed by atoms with E-state index in [-0.39, 0.29) is 0 Å². The van der Waals surface area contributed by atoms with Crippen molar-refractivity contribution in [2.24, 2.45) is 0 Å². The van der Waals surface area contributed by atoms with E-state index in [4.69, 9.17) is 0 Å². The third kappa shape index (κ3) is 10.8. The molecule has 6 heteroatoms. The fourth-order valence-electron chi connectivity index (χ4n) is 16.9. The summed E-state index contributed by atoms with van der Waals surface area (Å²) >= 11 is 0.